The van der Waals surface area contributed by atoms with Crippen molar-refractivity contribution in [1.82, 2.24) is 5.32 Å². The van der Waals surface area contributed by atoms with Crippen molar-refractivity contribution in [3.63, 3.8) is 0 Å². The van der Waals surface area contributed by atoms with Crippen LogP contribution < -0.4 is 5.32 Å². The first-order valence-corrected chi connectivity index (χ1v) is 8.28. The summed E-state index contributed by atoms with van der Waals surface area (Å²) in [5, 5.41) is 2.87. The predicted octanol–water partition coefficient (Wildman–Crippen LogP) is 2.79. The Morgan fingerprint density at radius 1 is 1.24 bits per heavy atom. The molecule has 110 valence electrons. The lowest BCUT2D eigenvalue weighted by molar-refractivity contribution is 0.0922. The van der Waals surface area contributed by atoms with Crippen LogP contribution in [0, 0.1) is 6.92 Å². The van der Waals surface area contributed by atoms with Crippen molar-refractivity contribution < 1.29 is 13.4 Å². The number of furan rings is 1. The van der Waals surface area contributed by atoms with Crippen LogP contribution in [0.15, 0.2) is 45.7 Å². The van der Waals surface area contributed by atoms with Crippen LogP contribution in [0.2, 0.25) is 0 Å². The highest BCUT2D eigenvalue weighted by Crippen LogP contribution is 2.20. The SMILES string of the molecule is Cc1ccc(S(=O)Cc2ccc(C(=O)NC3CC3)o2)cc1. The van der Waals surface area contributed by atoms with E-state index in [4.69, 9.17) is 4.42 Å². The number of amides is 1. The van der Waals surface area contributed by atoms with E-state index < -0.39 is 10.8 Å². The van der Waals surface area contributed by atoms with Gasteiger partial charge in [0.2, 0.25) is 0 Å². The lowest BCUT2D eigenvalue weighted by Crippen LogP contribution is -2.24. The highest BCUT2D eigenvalue weighted by atomic mass is 32.2. The van der Waals surface area contributed by atoms with E-state index in [1.54, 1.807) is 12.1 Å². The van der Waals surface area contributed by atoms with E-state index in [2.05, 4.69) is 5.32 Å². The van der Waals surface area contributed by atoms with Gasteiger partial charge in [-0.15, -0.1) is 0 Å². The van der Waals surface area contributed by atoms with Crippen LogP contribution in [-0.4, -0.2) is 16.2 Å². The fourth-order valence-electron chi connectivity index (χ4n) is 1.96. The Labute approximate surface area is 126 Å². The van der Waals surface area contributed by atoms with Crippen LogP contribution in [0.4, 0.5) is 0 Å². The number of carbonyl (C=O) groups excluding carboxylic acids is 1. The number of aryl methyl sites for hydroxylation is 1. The lowest BCUT2D eigenvalue weighted by Gasteiger charge is -2.01. The maximum atomic E-state index is 12.2. The molecule has 1 heterocycles. The van der Waals surface area contributed by atoms with E-state index in [1.165, 1.54) is 0 Å². The van der Waals surface area contributed by atoms with Crippen molar-refractivity contribution in [3.05, 3.63) is 53.5 Å². The average molecular weight is 303 g/mol. The first-order chi connectivity index (χ1) is 10.1. The van der Waals surface area contributed by atoms with Crippen molar-refractivity contribution in [2.75, 3.05) is 0 Å². The second-order valence-electron chi connectivity index (χ2n) is 5.32. The fourth-order valence-corrected chi connectivity index (χ4v) is 2.98. The molecule has 1 atom stereocenters. The molecule has 0 radical (unpaired) electrons. The number of hydrogen-bond acceptors (Lipinski definition) is 3. The zero-order chi connectivity index (χ0) is 14.8. The van der Waals surface area contributed by atoms with Gasteiger partial charge >= 0.3 is 0 Å². The molecular weight excluding hydrogens is 286 g/mol. The Morgan fingerprint density at radius 3 is 2.62 bits per heavy atom. The van der Waals surface area contributed by atoms with E-state index in [-0.39, 0.29) is 17.4 Å². The molecule has 1 fully saturated rings. The summed E-state index contributed by atoms with van der Waals surface area (Å²) in [6.07, 6.45) is 2.08. The summed E-state index contributed by atoms with van der Waals surface area (Å²) in [5.74, 6) is 0.942. The second kappa shape index (κ2) is 5.85. The van der Waals surface area contributed by atoms with Gasteiger partial charge in [0.05, 0.1) is 16.6 Å². The molecular formula is C16H17NO3S. The molecule has 1 unspecified atom stereocenters. The highest BCUT2D eigenvalue weighted by molar-refractivity contribution is 7.84. The molecule has 0 spiro atoms. The minimum Gasteiger partial charge on any atom is -0.455 e. The standard InChI is InChI=1S/C16H17NO3S/c1-11-2-7-14(8-3-11)21(19)10-13-6-9-15(20-13)16(18)17-12-4-5-12/h2-3,6-9,12H,4-5,10H2,1H3,(H,17,18). The van der Waals surface area contributed by atoms with Crippen LogP contribution in [0.5, 0.6) is 0 Å². The van der Waals surface area contributed by atoms with Crippen molar-refractivity contribution in [2.45, 2.75) is 36.5 Å². The van der Waals surface area contributed by atoms with Gasteiger partial charge in [-0.05, 0) is 44.0 Å². The smallest absolute Gasteiger partial charge is 0.287 e. The summed E-state index contributed by atoms with van der Waals surface area (Å²) in [5.41, 5.74) is 1.13. The van der Waals surface area contributed by atoms with Gasteiger partial charge in [-0.1, -0.05) is 17.7 Å². The maximum absolute atomic E-state index is 12.2. The number of hydrogen-bond donors (Lipinski definition) is 1. The quantitative estimate of drug-likeness (QED) is 0.924. The molecule has 5 heteroatoms. The normalized spacial score (nSPS) is 15.7. The fraction of sp³-hybridized carbons (Fsp3) is 0.312. The van der Waals surface area contributed by atoms with Gasteiger partial charge in [-0.25, -0.2) is 0 Å². The van der Waals surface area contributed by atoms with E-state index >= 15 is 0 Å². The number of carbonyl (C=O) groups is 1. The van der Waals surface area contributed by atoms with Crippen LogP contribution in [0.25, 0.3) is 0 Å². The minimum absolute atomic E-state index is 0.190. The summed E-state index contributed by atoms with van der Waals surface area (Å²) in [6, 6.07) is 11.2. The first-order valence-electron chi connectivity index (χ1n) is 6.96. The Hall–Kier alpha value is -1.88. The Balaban J connectivity index is 1.64. The molecule has 1 aliphatic carbocycles. The van der Waals surface area contributed by atoms with E-state index in [0.717, 1.165) is 23.3 Å². The molecule has 3 rings (SSSR count). The van der Waals surface area contributed by atoms with E-state index in [1.807, 2.05) is 31.2 Å². The minimum atomic E-state index is -1.17. The third kappa shape index (κ3) is 3.61. The van der Waals surface area contributed by atoms with Gasteiger partial charge < -0.3 is 9.73 Å². The van der Waals surface area contributed by atoms with Gasteiger partial charge in [-0.2, -0.15) is 0 Å². The van der Waals surface area contributed by atoms with E-state index in [0.29, 0.717) is 11.8 Å². The van der Waals surface area contributed by atoms with Gasteiger partial charge in [0.15, 0.2) is 5.76 Å². The molecule has 2 aromatic rings. The number of rotatable bonds is 5. The largest absolute Gasteiger partial charge is 0.455 e. The summed E-state index contributed by atoms with van der Waals surface area (Å²) in [4.78, 5) is 12.6. The van der Waals surface area contributed by atoms with Crippen LogP contribution in [-0.2, 0) is 16.6 Å². The second-order valence-corrected chi connectivity index (χ2v) is 6.77. The molecule has 0 aliphatic heterocycles. The molecule has 1 aliphatic rings. The molecule has 21 heavy (non-hydrogen) atoms. The third-order valence-corrected chi connectivity index (χ3v) is 4.70. The lowest BCUT2D eigenvalue weighted by atomic mass is 10.2. The van der Waals surface area contributed by atoms with Crippen molar-refractivity contribution in [2.24, 2.45) is 0 Å². The Morgan fingerprint density at radius 2 is 1.95 bits per heavy atom. The molecule has 1 amide bonds. The van der Waals surface area contributed by atoms with Gasteiger partial charge in [0, 0.05) is 10.9 Å². The summed E-state index contributed by atoms with van der Waals surface area (Å²) >= 11 is 0. The molecule has 1 aromatic carbocycles. The van der Waals surface area contributed by atoms with Gasteiger partial charge in [0.25, 0.3) is 5.91 Å². The zero-order valence-electron chi connectivity index (χ0n) is 11.8. The Bertz CT molecular complexity index is 671. The molecule has 0 saturated heterocycles. The van der Waals surface area contributed by atoms with E-state index in [9.17, 15) is 9.00 Å². The zero-order valence-corrected chi connectivity index (χ0v) is 12.6. The number of benzene rings is 1. The first kappa shape index (κ1) is 14.1. The summed E-state index contributed by atoms with van der Waals surface area (Å²) in [6.45, 7) is 1.99. The molecule has 4 nitrogen and oxygen atoms in total. The number of nitrogens with one attached hydrogen (secondary N) is 1. The molecule has 1 N–H and O–H groups in total. The van der Waals surface area contributed by atoms with Crippen molar-refractivity contribution >= 4 is 16.7 Å². The molecule has 0 bridgehead atoms. The Kier molecular flexibility index (Phi) is 3.92. The monoisotopic (exact) mass is 303 g/mol. The molecule has 1 aromatic heterocycles. The predicted molar refractivity (Wildman–Crippen MR) is 80.5 cm³/mol. The summed E-state index contributed by atoms with van der Waals surface area (Å²) < 4.78 is 17.7. The van der Waals surface area contributed by atoms with Crippen LogP contribution in [0.3, 0.4) is 0 Å². The highest BCUT2D eigenvalue weighted by Gasteiger charge is 2.25. The van der Waals surface area contributed by atoms with Gasteiger partial charge in [0.1, 0.15) is 5.76 Å². The van der Waals surface area contributed by atoms with Crippen LogP contribution >= 0.6 is 0 Å². The third-order valence-electron chi connectivity index (χ3n) is 3.36. The molecule has 1 saturated carbocycles. The van der Waals surface area contributed by atoms with Crippen LogP contribution in [0.1, 0.15) is 34.7 Å². The topological polar surface area (TPSA) is 59.3 Å². The van der Waals surface area contributed by atoms with Crippen molar-refractivity contribution in [1.29, 1.82) is 0 Å². The average Bonchev–Trinajstić information content (AvgIpc) is 3.15. The van der Waals surface area contributed by atoms with Crippen molar-refractivity contribution in [3.8, 4) is 0 Å². The summed E-state index contributed by atoms with van der Waals surface area (Å²) in [7, 11) is -1.17. The maximum Gasteiger partial charge on any atom is 0.287 e. The van der Waals surface area contributed by atoms with Gasteiger partial charge in [-0.3, -0.25) is 9.00 Å².